The third-order valence-electron chi connectivity index (χ3n) is 5.70. The van der Waals surface area contributed by atoms with E-state index in [2.05, 4.69) is 13.0 Å². The lowest BCUT2D eigenvalue weighted by atomic mass is 10.0. The van der Waals surface area contributed by atoms with Crippen molar-refractivity contribution >= 4 is 0 Å². The van der Waals surface area contributed by atoms with Crippen molar-refractivity contribution in [2.75, 3.05) is 0 Å². The van der Waals surface area contributed by atoms with Crippen molar-refractivity contribution < 1.29 is 5.11 Å². The molecule has 0 atom stereocenters. The molecular formula is C26H45O. The van der Waals surface area contributed by atoms with Gasteiger partial charge in [0, 0.05) is 5.56 Å². The van der Waals surface area contributed by atoms with Gasteiger partial charge in [-0.3, -0.25) is 0 Å². The number of aryl methyl sites for hydroxylation is 1. The maximum atomic E-state index is 9.72. The van der Waals surface area contributed by atoms with E-state index in [4.69, 9.17) is 0 Å². The quantitative estimate of drug-likeness (QED) is 0.240. The lowest BCUT2D eigenvalue weighted by Gasteiger charge is -2.05. The fourth-order valence-corrected chi connectivity index (χ4v) is 3.87. The monoisotopic (exact) mass is 373 g/mol. The predicted octanol–water partition coefficient (Wildman–Crippen LogP) is 8.78. The fourth-order valence-electron chi connectivity index (χ4n) is 3.87. The number of rotatable bonds is 19. The Morgan fingerprint density at radius 2 is 1.04 bits per heavy atom. The number of benzene rings is 1. The average molecular weight is 374 g/mol. The largest absolute Gasteiger partial charge is 0.508 e. The highest BCUT2D eigenvalue weighted by Gasteiger charge is 2.00. The molecule has 1 heteroatoms. The minimum Gasteiger partial charge on any atom is -0.508 e. The van der Waals surface area contributed by atoms with E-state index in [1.165, 1.54) is 116 Å². The summed E-state index contributed by atoms with van der Waals surface area (Å²) in [5.41, 5.74) is 0.981. The van der Waals surface area contributed by atoms with Gasteiger partial charge in [0.15, 0.2) is 0 Å². The molecule has 0 heterocycles. The van der Waals surface area contributed by atoms with Crippen LogP contribution in [0.2, 0.25) is 0 Å². The zero-order chi connectivity index (χ0) is 19.4. The lowest BCUT2D eigenvalue weighted by molar-refractivity contribution is 0.465. The Morgan fingerprint density at radius 3 is 1.44 bits per heavy atom. The molecule has 0 fully saturated rings. The standard InChI is InChI=1S/C26H45O/c1-2-3-4-5-6-7-8-9-10-11-12-13-14-15-16-17-18-19-22-25-23-20-21-24-26(25)27/h20-21,24,27H,2-19,22H2,1H3. The first-order chi connectivity index (χ1) is 13.3. The van der Waals surface area contributed by atoms with E-state index in [1.54, 1.807) is 6.07 Å². The highest BCUT2D eigenvalue weighted by molar-refractivity contribution is 5.30. The van der Waals surface area contributed by atoms with Crippen LogP contribution in [0.25, 0.3) is 0 Å². The van der Waals surface area contributed by atoms with Gasteiger partial charge in [0.2, 0.25) is 0 Å². The Labute approximate surface area is 170 Å². The van der Waals surface area contributed by atoms with Crippen molar-refractivity contribution in [3.63, 3.8) is 0 Å². The van der Waals surface area contributed by atoms with Gasteiger partial charge in [-0.1, -0.05) is 128 Å². The van der Waals surface area contributed by atoms with Gasteiger partial charge in [-0.2, -0.15) is 0 Å². The number of aromatic hydroxyl groups is 1. The third kappa shape index (κ3) is 14.7. The molecule has 1 aromatic rings. The molecule has 0 aliphatic heterocycles. The third-order valence-corrected chi connectivity index (χ3v) is 5.70. The molecule has 0 saturated carbocycles. The maximum absolute atomic E-state index is 9.72. The van der Waals surface area contributed by atoms with Crippen molar-refractivity contribution in [1.29, 1.82) is 0 Å². The van der Waals surface area contributed by atoms with E-state index in [-0.39, 0.29) is 0 Å². The van der Waals surface area contributed by atoms with Crippen LogP contribution in [0.5, 0.6) is 5.75 Å². The molecule has 155 valence electrons. The number of hydrogen-bond donors (Lipinski definition) is 1. The van der Waals surface area contributed by atoms with Crippen molar-refractivity contribution in [2.45, 2.75) is 129 Å². The van der Waals surface area contributed by atoms with E-state index < -0.39 is 0 Å². The highest BCUT2D eigenvalue weighted by Crippen LogP contribution is 2.19. The number of phenols is 1. The van der Waals surface area contributed by atoms with Gasteiger partial charge in [-0.05, 0) is 25.0 Å². The van der Waals surface area contributed by atoms with Crippen LogP contribution in [0.15, 0.2) is 18.2 Å². The Balaban J connectivity index is 1.73. The minimum absolute atomic E-state index is 0.407. The predicted molar refractivity (Wildman–Crippen MR) is 119 cm³/mol. The molecule has 1 N–H and O–H groups in total. The van der Waals surface area contributed by atoms with Gasteiger partial charge < -0.3 is 5.11 Å². The SMILES string of the molecule is CCCCCCCCCCCCCCCCCCCCc1[c]cccc1O. The molecule has 1 rings (SSSR count). The molecule has 0 aliphatic carbocycles. The molecule has 0 aliphatic rings. The van der Waals surface area contributed by atoms with Crippen LogP contribution in [0.1, 0.15) is 128 Å². The zero-order valence-corrected chi connectivity index (χ0v) is 18.1. The molecule has 0 unspecified atom stereocenters. The van der Waals surface area contributed by atoms with E-state index in [0.717, 1.165) is 12.0 Å². The summed E-state index contributed by atoms with van der Waals surface area (Å²) >= 11 is 0. The van der Waals surface area contributed by atoms with Crippen molar-refractivity contribution in [2.24, 2.45) is 0 Å². The number of hydrogen-bond acceptors (Lipinski definition) is 1. The van der Waals surface area contributed by atoms with E-state index >= 15 is 0 Å². The molecule has 0 bridgehead atoms. The first-order valence-electron chi connectivity index (χ1n) is 12.0. The summed E-state index contributed by atoms with van der Waals surface area (Å²) in [6, 6.07) is 8.64. The van der Waals surface area contributed by atoms with E-state index in [0.29, 0.717) is 5.75 Å². The zero-order valence-electron chi connectivity index (χ0n) is 18.1. The number of unbranched alkanes of at least 4 members (excludes halogenated alkanes) is 17. The smallest absolute Gasteiger partial charge is 0.119 e. The normalized spacial score (nSPS) is 11.1. The summed E-state index contributed by atoms with van der Waals surface area (Å²) < 4.78 is 0. The Kier molecular flexibility index (Phi) is 16.4. The highest BCUT2D eigenvalue weighted by atomic mass is 16.3. The van der Waals surface area contributed by atoms with Crippen molar-refractivity contribution in [1.82, 2.24) is 0 Å². The first kappa shape index (κ1) is 24.1. The van der Waals surface area contributed by atoms with Gasteiger partial charge in [0.1, 0.15) is 5.75 Å². The van der Waals surface area contributed by atoms with Gasteiger partial charge in [0.25, 0.3) is 0 Å². The second kappa shape index (κ2) is 18.4. The van der Waals surface area contributed by atoms with Crippen LogP contribution in [0.4, 0.5) is 0 Å². The van der Waals surface area contributed by atoms with Crippen LogP contribution in [0, 0.1) is 6.07 Å². The molecular weight excluding hydrogens is 328 g/mol. The molecule has 0 amide bonds. The first-order valence-corrected chi connectivity index (χ1v) is 12.0. The van der Waals surface area contributed by atoms with Gasteiger partial charge in [0.05, 0.1) is 0 Å². The van der Waals surface area contributed by atoms with Gasteiger partial charge >= 0.3 is 0 Å². The summed E-state index contributed by atoms with van der Waals surface area (Å²) in [5, 5.41) is 9.72. The minimum atomic E-state index is 0.407. The molecule has 1 aromatic carbocycles. The Hall–Kier alpha value is -0.980. The maximum Gasteiger partial charge on any atom is 0.119 e. The van der Waals surface area contributed by atoms with E-state index in [9.17, 15) is 5.11 Å². The molecule has 27 heavy (non-hydrogen) atoms. The lowest BCUT2D eigenvalue weighted by Crippen LogP contribution is -1.87. The summed E-state index contributed by atoms with van der Waals surface area (Å²) in [5.74, 6) is 0.407. The van der Waals surface area contributed by atoms with Crippen LogP contribution < -0.4 is 0 Å². The van der Waals surface area contributed by atoms with Gasteiger partial charge in [-0.15, -0.1) is 0 Å². The summed E-state index contributed by atoms with van der Waals surface area (Å²) in [6.07, 6.45) is 26.3. The molecule has 0 saturated heterocycles. The second-order valence-corrected chi connectivity index (χ2v) is 8.29. The van der Waals surface area contributed by atoms with Crippen LogP contribution >= 0.6 is 0 Å². The van der Waals surface area contributed by atoms with Gasteiger partial charge in [-0.25, -0.2) is 0 Å². The molecule has 1 radical (unpaired) electrons. The molecule has 1 nitrogen and oxygen atoms in total. The molecule has 0 spiro atoms. The van der Waals surface area contributed by atoms with Crippen LogP contribution in [0.3, 0.4) is 0 Å². The summed E-state index contributed by atoms with van der Waals surface area (Å²) in [6.45, 7) is 2.29. The molecule has 0 aromatic heterocycles. The van der Waals surface area contributed by atoms with Crippen molar-refractivity contribution in [3.8, 4) is 5.75 Å². The van der Waals surface area contributed by atoms with Crippen LogP contribution in [-0.4, -0.2) is 5.11 Å². The Morgan fingerprint density at radius 1 is 0.630 bits per heavy atom. The van der Waals surface area contributed by atoms with Crippen molar-refractivity contribution in [3.05, 3.63) is 29.8 Å². The van der Waals surface area contributed by atoms with E-state index in [1.807, 2.05) is 12.1 Å². The summed E-state index contributed by atoms with van der Waals surface area (Å²) in [4.78, 5) is 0. The Bertz CT molecular complexity index is 426. The average Bonchev–Trinajstić information content (AvgIpc) is 2.68. The summed E-state index contributed by atoms with van der Waals surface area (Å²) in [7, 11) is 0. The fraction of sp³-hybridized carbons (Fsp3) is 0.769. The van der Waals surface area contributed by atoms with Crippen LogP contribution in [-0.2, 0) is 6.42 Å². The second-order valence-electron chi connectivity index (χ2n) is 8.29. The number of phenolic OH excluding ortho intramolecular Hbond substituents is 1. The topological polar surface area (TPSA) is 20.2 Å².